The van der Waals surface area contributed by atoms with Gasteiger partial charge < -0.3 is 9.88 Å². The van der Waals surface area contributed by atoms with Crippen LogP contribution in [-0.2, 0) is 12.7 Å². The summed E-state index contributed by atoms with van der Waals surface area (Å²) in [5.41, 5.74) is -0.217. The van der Waals surface area contributed by atoms with Gasteiger partial charge in [0.25, 0.3) is 5.91 Å². The summed E-state index contributed by atoms with van der Waals surface area (Å²) in [7, 11) is 0. The minimum Gasteiger partial charge on any atom is -0.331 e. The highest BCUT2D eigenvalue weighted by Gasteiger charge is 2.30. The van der Waals surface area contributed by atoms with E-state index in [0.29, 0.717) is 20.2 Å². The SMILES string of the molecule is O=C(Nc1cn(Cc2cccc(C(F)(F)F)c2)cn1)c1cnc(Br)s1. The van der Waals surface area contributed by atoms with E-state index in [-0.39, 0.29) is 12.5 Å². The smallest absolute Gasteiger partial charge is 0.331 e. The van der Waals surface area contributed by atoms with E-state index in [2.05, 4.69) is 31.2 Å². The third kappa shape index (κ3) is 4.45. The first kappa shape index (κ1) is 17.6. The van der Waals surface area contributed by atoms with Gasteiger partial charge in [0.05, 0.1) is 18.1 Å². The van der Waals surface area contributed by atoms with Crippen molar-refractivity contribution in [2.24, 2.45) is 0 Å². The Morgan fingerprint density at radius 1 is 1.32 bits per heavy atom. The second-order valence-corrected chi connectivity index (χ2v) is 7.37. The van der Waals surface area contributed by atoms with E-state index < -0.39 is 11.7 Å². The van der Waals surface area contributed by atoms with Crippen LogP contribution < -0.4 is 5.32 Å². The number of hydrogen-bond acceptors (Lipinski definition) is 4. The summed E-state index contributed by atoms with van der Waals surface area (Å²) < 4.78 is 40.4. The van der Waals surface area contributed by atoms with Crippen molar-refractivity contribution in [3.05, 3.63) is 62.9 Å². The Kier molecular flexibility index (Phi) is 4.91. The predicted molar refractivity (Wildman–Crippen MR) is 90.5 cm³/mol. The minimum absolute atomic E-state index is 0.207. The molecule has 1 amide bonds. The molecule has 0 unspecified atom stereocenters. The lowest BCUT2D eigenvalue weighted by molar-refractivity contribution is -0.137. The van der Waals surface area contributed by atoms with Crippen molar-refractivity contribution in [3.63, 3.8) is 0 Å². The maximum Gasteiger partial charge on any atom is 0.416 e. The Bertz CT molecular complexity index is 906. The highest BCUT2D eigenvalue weighted by Crippen LogP contribution is 2.29. The molecule has 0 saturated carbocycles. The van der Waals surface area contributed by atoms with Gasteiger partial charge in [-0.25, -0.2) is 9.97 Å². The Hall–Kier alpha value is -2.20. The molecule has 5 nitrogen and oxygen atoms in total. The molecule has 3 aromatic rings. The zero-order valence-electron chi connectivity index (χ0n) is 12.4. The average molecular weight is 431 g/mol. The van der Waals surface area contributed by atoms with E-state index in [9.17, 15) is 18.0 Å². The number of hydrogen-bond donors (Lipinski definition) is 1. The average Bonchev–Trinajstić information content (AvgIpc) is 3.16. The lowest BCUT2D eigenvalue weighted by Gasteiger charge is -2.09. The van der Waals surface area contributed by atoms with Crippen LogP contribution in [0, 0.1) is 0 Å². The van der Waals surface area contributed by atoms with Gasteiger partial charge in [-0.1, -0.05) is 12.1 Å². The predicted octanol–water partition coefficient (Wildman–Crippen LogP) is 4.42. The zero-order chi connectivity index (χ0) is 18.0. The van der Waals surface area contributed by atoms with Crippen molar-refractivity contribution >= 4 is 39.0 Å². The molecule has 0 radical (unpaired) electrons. The third-order valence-electron chi connectivity index (χ3n) is 3.20. The van der Waals surface area contributed by atoms with Crippen LogP contribution >= 0.6 is 27.3 Å². The number of rotatable bonds is 4. The number of imidazole rings is 1. The van der Waals surface area contributed by atoms with Gasteiger partial charge in [0, 0.05) is 12.7 Å². The summed E-state index contributed by atoms with van der Waals surface area (Å²) in [5, 5.41) is 2.61. The Morgan fingerprint density at radius 3 is 2.80 bits per heavy atom. The molecule has 3 rings (SSSR count). The molecular weight excluding hydrogens is 421 g/mol. The highest BCUT2D eigenvalue weighted by molar-refractivity contribution is 9.11. The van der Waals surface area contributed by atoms with E-state index in [4.69, 9.17) is 0 Å². The number of nitrogens with one attached hydrogen (secondary N) is 1. The van der Waals surface area contributed by atoms with Crippen LogP contribution in [0.4, 0.5) is 19.0 Å². The van der Waals surface area contributed by atoms with E-state index in [1.165, 1.54) is 29.9 Å². The number of thiazole rings is 1. The molecule has 25 heavy (non-hydrogen) atoms. The Balaban J connectivity index is 1.69. The molecule has 0 bridgehead atoms. The van der Waals surface area contributed by atoms with Gasteiger partial charge in [-0.05, 0) is 33.6 Å². The van der Waals surface area contributed by atoms with Crippen molar-refractivity contribution in [2.75, 3.05) is 5.32 Å². The van der Waals surface area contributed by atoms with Gasteiger partial charge in [-0.15, -0.1) is 11.3 Å². The maximum atomic E-state index is 12.7. The molecule has 0 spiro atoms. The van der Waals surface area contributed by atoms with Crippen molar-refractivity contribution in [1.29, 1.82) is 0 Å². The molecule has 1 N–H and O–H groups in total. The van der Waals surface area contributed by atoms with Gasteiger partial charge in [-0.2, -0.15) is 13.2 Å². The molecule has 10 heteroatoms. The molecule has 2 aromatic heterocycles. The normalized spacial score (nSPS) is 11.5. The van der Waals surface area contributed by atoms with Gasteiger partial charge in [-0.3, -0.25) is 4.79 Å². The lowest BCUT2D eigenvalue weighted by Crippen LogP contribution is -2.10. The number of carbonyl (C=O) groups is 1. The van der Waals surface area contributed by atoms with Gasteiger partial charge in [0.2, 0.25) is 0 Å². The third-order valence-corrected chi connectivity index (χ3v) is 4.67. The quantitative estimate of drug-likeness (QED) is 0.666. The molecule has 0 saturated heterocycles. The number of anilines is 1. The second kappa shape index (κ2) is 6.96. The van der Waals surface area contributed by atoms with E-state index in [1.54, 1.807) is 16.8 Å². The topological polar surface area (TPSA) is 59.8 Å². The molecule has 0 aliphatic heterocycles. The molecule has 1 aromatic carbocycles. The lowest BCUT2D eigenvalue weighted by atomic mass is 10.1. The standard InChI is InChI=1S/C15H10BrF3N4OS/c16-14-20-5-11(25-14)13(24)22-12-7-23(8-21-12)6-9-2-1-3-10(4-9)15(17,18)19/h1-5,7-8H,6H2,(H,22,24). The molecule has 0 atom stereocenters. The van der Waals surface area contributed by atoms with Gasteiger partial charge >= 0.3 is 6.18 Å². The van der Waals surface area contributed by atoms with Crippen molar-refractivity contribution in [2.45, 2.75) is 12.7 Å². The Labute approximate surface area is 152 Å². The first-order valence-corrected chi connectivity index (χ1v) is 8.53. The van der Waals surface area contributed by atoms with E-state index >= 15 is 0 Å². The first-order valence-electron chi connectivity index (χ1n) is 6.92. The zero-order valence-corrected chi connectivity index (χ0v) is 14.8. The molecule has 0 fully saturated rings. The number of nitrogens with zero attached hydrogens (tertiary/aromatic N) is 3. The molecule has 0 aliphatic rings. The fourth-order valence-corrected chi connectivity index (χ4v) is 3.27. The summed E-state index contributed by atoms with van der Waals surface area (Å²) in [6.07, 6.45) is 0.0452. The van der Waals surface area contributed by atoms with Crippen LogP contribution in [0.15, 0.2) is 46.9 Å². The summed E-state index contributed by atoms with van der Waals surface area (Å²) >= 11 is 4.36. The summed E-state index contributed by atoms with van der Waals surface area (Å²) in [6, 6.07) is 5.07. The largest absolute Gasteiger partial charge is 0.416 e. The second-order valence-electron chi connectivity index (χ2n) is 5.06. The molecule has 130 valence electrons. The molecule has 0 aliphatic carbocycles. The first-order chi connectivity index (χ1) is 11.8. The Morgan fingerprint density at radius 2 is 2.12 bits per heavy atom. The van der Waals surface area contributed by atoms with Crippen LogP contribution in [0.2, 0.25) is 0 Å². The monoisotopic (exact) mass is 430 g/mol. The number of halogens is 4. The van der Waals surface area contributed by atoms with Crippen LogP contribution in [0.25, 0.3) is 0 Å². The number of aromatic nitrogens is 3. The summed E-state index contributed by atoms with van der Waals surface area (Å²) in [5.74, 6) is -0.0472. The van der Waals surface area contributed by atoms with E-state index in [1.807, 2.05) is 0 Å². The number of carbonyl (C=O) groups excluding carboxylic acids is 1. The number of benzene rings is 1. The fraction of sp³-hybridized carbons (Fsp3) is 0.133. The fourth-order valence-electron chi connectivity index (χ4n) is 2.10. The number of amides is 1. The van der Waals surface area contributed by atoms with Crippen molar-refractivity contribution in [3.8, 4) is 0 Å². The van der Waals surface area contributed by atoms with Gasteiger partial charge in [0.1, 0.15) is 4.88 Å². The molecular formula is C15H10BrF3N4OS. The van der Waals surface area contributed by atoms with Crippen LogP contribution in [0.3, 0.4) is 0 Å². The summed E-state index contributed by atoms with van der Waals surface area (Å²) in [6.45, 7) is 0.207. The number of alkyl halides is 3. The molecule has 2 heterocycles. The van der Waals surface area contributed by atoms with Crippen LogP contribution in [0.1, 0.15) is 20.8 Å². The van der Waals surface area contributed by atoms with Crippen molar-refractivity contribution < 1.29 is 18.0 Å². The van der Waals surface area contributed by atoms with Crippen LogP contribution in [0.5, 0.6) is 0 Å². The van der Waals surface area contributed by atoms with Gasteiger partial charge in [0.15, 0.2) is 9.73 Å². The highest BCUT2D eigenvalue weighted by atomic mass is 79.9. The van der Waals surface area contributed by atoms with Crippen molar-refractivity contribution in [1.82, 2.24) is 14.5 Å². The summed E-state index contributed by atoms with van der Waals surface area (Å²) in [4.78, 5) is 20.4. The maximum absolute atomic E-state index is 12.7. The minimum atomic E-state index is -4.38. The van der Waals surface area contributed by atoms with E-state index in [0.717, 1.165) is 12.1 Å². The van der Waals surface area contributed by atoms with Crippen LogP contribution in [-0.4, -0.2) is 20.4 Å².